The van der Waals surface area contributed by atoms with E-state index in [0.717, 1.165) is 0 Å². The van der Waals surface area contributed by atoms with Crippen molar-refractivity contribution in [2.75, 3.05) is 14.2 Å². The quantitative estimate of drug-likeness (QED) is 0.506. The number of aromatic nitrogens is 2. The predicted octanol–water partition coefficient (Wildman–Crippen LogP) is 2.22. The number of benzene rings is 2. The molecule has 2 aromatic carbocycles. The SMILES string of the molecule is COc1ccc(-c2noc(C(=O)N/N=C/c3ccc(O)c(OC)c3)n2)cc1. The molecular weight excluding hydrogens is 352 g/mol. The predicted molar refractivity (Wildman–Crippen MR) is 96.0 cm³/mol. The highest BCUT2D eigenvalue weighted by Crippen LogP contribution is 2.25. The van der Waals surface area contributed by atoms with Crippen molar-refractivity contribution in [3.8, 4) is 28.6 Å². The van der Waals surface area contributed by atoms with Crippen LogP contribution >= 0.6 is 0 Å². The number of carbonyl (C=O) groups excluding carboxylic acids is 1. The molecule has 0 aliphatic rings. The Hall–Kier alpha value is -3.88. The summed E-state index contributed by atoms with van der Waals surface area (Å²) in [6.07, 6.45) is 1.39. The van der Waals surface area contributed by atoms with Gasteiger partial charge in [0, 0.05) is 5.56 Å². The zero-order valence-corrected chi connectivity index (χ0v) is 14.5. The Kier molecular flexibility index (Phi) is 5.31. The van der Waals surface area contributed by atoms with Crippen LogP contribution in [0.5, 0.6) is 17.2 Å². The third-order valence-corrected chi connectivity index (χ3v) is 3.55. The summed E-state index contributed by atoms with van der Waals surface area (Å²) < 4.78 is 15.0. The van der Waals surface area contributed by atoms with Crippen LogP contribution in [0.1, 0.15) is 16.2 Å². The van der Waals surface area contributed by atoms with Crippen LogP contribution in [0.3, 0.4) is 0 Å². The molecule has 3 aromatic rings. The first-order chi connectivity index (χ1) is 13.1. The molecule has 27 heavy (non-hydrogen) atoms. The smallest absolute Gasteiger partial charge is 0.329 e. The van der Waals surface area contributed by atoms with Gasteiger partial charge in [-0.05, 0) is 48.0 Å². The maximum Gasteiger partial charge on any atom is 0.329 e. The molecule has 0 fully saturated rings. The van der Waals surface area contributed by atoms with Crippen molar-refractivity contribution in [2.24, 2.45) is 5.10 Å². The minimum atomic E-state index is -0.649. The molecule has 0 aliphatic carbocycles. The molecule has 0 saturated carbocycles. The van der Waals surface area contributed by atoms with Crippen molar-refractivity contribution in [1.82, 2.24) is 15.6 Å². The number of methoxy groups -OCH3 is 2. The van der Waals surface area contributed by atoms with Gasteiger partial charge in [-0.2, -0.15) is 10.1 Å². The van der Waals surface area contributed by atoms with Gasteiger partial charge in [0.15, 0.2) is 11.5 Å². The molecule has 9 heteroatoms. The maximum absolute atomic E-state index is 12.1. The van der Waals surface area contributed by atoms with E-state index in [9.17, 15) is 9.90 Å². The van der Waals surface area contributed by atoms with Crippen molar-refractivity contribution in [3.63, 3.8) is 0 Å². The van der Waals surface area contributed by atoms with E-state index in [1.165, 1.54) is 19.4 Å². The average molecular weight is 368 g/mol. The molecule has 0 saturated heterocycles. The van der Waals surface area contributed by atoms with Crippen molar-refractivity contribution >= 4 is 12.1 Å². The number of phenolic OH excluding ortho intramolecular Hbond substituents is 1. The van der Waals surface area contributed by atoms with Gasteiger partial charge in [-0.25, -0.2) is 5.43 Å². The molecule has 138 valence electrons. The van der Waals surface area contributed by atoms with Gasteiger partial charge in [-0.1, -0.05) is 5.16 Å². The van der Waals surface area contributed by atoms with Gasteiger partial charge >= 0.3 is 11.8 Å². The standard InChI is InChI=1S/C18H16N4O5/c1-25-13-6-4-12(5-7-13)16-20-18(27-22-16)17(24)21-19-10-11-3-8-14(23)15(9-11)26-2/h3-10,23H,1-2H3,(H,21,24)/b19-10+. The normalized spacial score (nSPS) is 10.7. The Morgan fingerprint density at radius 1 is 1.19 bits per heavy atom. The largest absolute Gasteiger partial charge is 0.504 e. The van der Waals surface area contributed by atoms with Gasteiger partial charge in [0.05, 0.1) is 20.4 Å². The Bertz CT molecular complexity index is 966. The molecule has 3 rings (SSSR count). The van der Waals surface area contributed by atoms with E-state index in [1.807, 2.05) is 0 Å². The number of amides is 1. The number of hydrogen-bond donors (Lipinski definition) is 2. The zero-order chi connectivity index (χ0) is 19.2. The maximum atomic E-state index is 12.1. The summed E-state index contributed by atoms with van der Waals surface area (Å²) in [4.78, 5) is 16.1. The van der Waals surface area contributed by atoms with Gasteiger partial charge < -0.3 is 19.1 Å². The number of phenols is 1. The molecule has 9 nitrogen and oxygen atoms in total. The Labute approximate surface area is 154 Å². The van der Waals surface area contributed by atoms with Crippen LogP contribution < -0.4 is 14.9 Å². The molecule has 0 aliphatic heterocycles. The third-order valence-electron chi connectivity index (χ3n) is 3.55. The van der Waals surface area contributed by atoms with Crippen LogP contribution in [0.2, 0.25) is 0 Å². The van der Waals surface area contributed by atoms with Gasteiger partial charge in [0.2, 0.25) is 5.82 Å². The Balaban J connectivity index is 1.65. The first kappa shape index (κ1) is 17.9. The van der Waals surface area contributed by atoms with Crippen LogP contribution in [-0.2, 0) is 0 Å². The van der Waals surface area contributed by atoms with Crippen LogP contribution in [0.25, 0.3) is 11.4 Å². The van der Waals surface area contributed by atoms with Gasteiger partial charge in [-0.15, -0.1) is 0 Å². The van der Waals surface area contributed by atoms with Crippen LogP contribution in [0.15, 0.2) is 52.1 Å². The minimum absolute atomic E-state index is 0.00982. The zero-order valence-electron chi connectivity index (χ0n) is 14.5. The lowest BCUT2D eigenvalue weighted by molar-refractivity contribution is 0.0911. The van der Waals surface area contributed by atoms with Crippen molar-refractivity contribution in [3.05, 3.63) is 53.9 Å². The Morgan fingerprint density at radius 3 is 2.67 bits per heavy atom. The highest BCUT2D eigenvalue weighted by Gasteiger charge is 2.15. The number of carbonyl (C=O) groups is 1. The minimum Gasteiger partial charge on any atom is -0.504 e. The fourth-order valence-corrected chi connectivity index (χ4v) is 2.16. The molecule has 1 heterocycles. The second kappa shape index (κ2) is 8.00. The van der Waals surface area contributed by atoms with Crippen molar-refractivity contribution in [1.29, 1.82) is 0 Å². The lowest BCUT2D eigenvalue weighted by Gasteiger charge is -2.03. The summed E-state index contributed by atoms with van der Waals surface area (Å²) in [7, 11) is 3.01. The first-order valence-electron chi connectivity index (χ1n) is 7.79. The fraction of sp³-hybridized carbons (Fsp3) is 0.111. The molecular formula is C18H16N4O5. The number of ether oxygens (including phenoxy) is 2. The highest BCUT2D eigenvalue weighted by molar-refractivity contribution is 5.91. The van der Waals surface area contributed by atoms with Gasteiger partial charge in [0.25, 0.3) is 0 Å². The van der Waals surface area contributed by atoms with E-state index in [0.29, 0.717) is 22.6 Å². The monoisotopic (exact) mass is 368 g/mol. The summed E-state index contributed by atoms with van der Waals surface area (Å²) in [5.41, 5.74) is 3.59. The summed E-state index contributed by atoms with van der Waals surface area (Å²) >= 11 is 0. The second-order valence-corrected chi connectivity index (χ2v) is 5.28. The lowest BCUT2D eigenvalue weighted by atomic mass is 10.2. The number of rotatable bonds is 6. The first-order valence-corrected chi connectivity index (χ1v) is 7.79. The van der Waals surface area contributed by atoms with Gasteiger partial charge in [-0.3, -0.25) is 4.79 Å². The number of hydrazone groups is 1. The molecule has 1 amide bonds. The fourth-order valence-electron chi connectivity index (χ4n) is 2.16. The number of nitrogens with zero attached hydrogens (tertiary/aromatic N) is 3. The summed E-state index contributed by atoms with van der Waals surface area (Å²) in [6.45, 7) is 0. The van der Waals surface area contributed by atoms with E-state index in [4.69, 9.17) is 14.0 Å². The van der Waals surface area contributed by atoms with E-state index in [-0.39, 0.29) is 17.5 Å². The second-order valence-electron chi connectivity index (χ2n) is 5.28. The van der Waals surface area contributed by atoms with E-state index < -0.39 is 5.91 Å². The van der Waals surface area contributed by atoms with Crippen LogP contribution in [-0.4, -0.2) is 41.6 Å². The van der Waals surface area contributed by atoms with E-state index >= 15 is 0 Å². The van der Waals surface area contributed by atoms with E-state index in [1.54, 1.807) is 43.5 Å². The summed E-state index contributed by atoms with van der Waals surface area (Å²) in [5, 5.41) is 17.1. The molecule has 0 bridgehead atoms. The Morgan fingerprint density at radius 2 is 1.96 bits per heavy atom. The summed E-state index contributed by atoms with van der Waals surface area (Å²) in [6, 6.07) is 11.6. The molecule has 0 unspecified atom stereocenters. The van der Waals surface area contributed by atoms with Crippen LogP contribution in [0, 0.1) is 0 Å². The van der Waals surface area contributed by atoms with Gasteiger partial charge in [0.1, 0.15) is 5.75 Å². The lowest BCUT2D eigenvalue weighted by Crippen LogP contribution is -2.18. The number of aromatic hydroxyl groups is 1. The molecule has 0 atom stereocenters. The average Bonchev–Trinajstić information content (AvgIpc) is 3.19. The molecule has 1 aromatic heterocycles. The van der Waals surface area contributed by atoms with Crippen molar-refractivity contribution < 1.29 is 23.9 Å². The summed E-state index contributed by atoms with van der Waals surface area (Å²) in [5.74, 6) is 0.405. The molecule has 0 radical (unpaired) electrons. The van der Waals surface area contributed by atoms with Crippen LogP contribution in [0.4, 0.5) is 0 Å². The number of nitrogens with one attached hydrogen (secondary N) is 1. The van der Waals surface area contributed by atoms with Crippen molar-refractivity contribution in [2.45, 2.75) is 0 Å². The molecule has 0 spiro atoms. The van der Waals surface area contributed by atoms with E-state index in [2.05, 4.69) is 20.7 Å². The highest BCUT2D eigenvalue weighted by atomic mass is 16.5. The molecule has 2 N–H and O–H groups in total. The number of hydrogen-bond acceptors (Lipinski definition) is 8. The topological polar surface area (TPSA) is 119 Å². The third kappa shape index (κ3) is 4.21.